The number of hydrogen-bond acceptors (Lipinski definition) is 8. The Morgan fingerprint density at radius 1 is 1.13 bits per heavy atom. The molecule has 0 radical (unpaired) electrons. The molecule has 0 saturated carbocycles. The third kappa shape index (κ3) is 7.40. The molecule has 1 saturated heterocycles. The van der Waals surface area contributed by atoms with Gasteiger partial charge < -0.3 is 29.2 Å². The van der Waals surface area contributed by atoms with Crippen molar-refractivity contribution >= 4 is 46.3 Å². The smallest absolute Gasteiger partial charge is 0.417 e. The fraction of sp³-hybridized carbons (Fsp3) is 0.516. The lowest BCUT2D eigenvalue weighted by Crippen LogP contribution is -2.51. The fourth-order valence-corrected chi connectivity index (χ4v) is 5.87. The summed E-state index contributed by atoms with van der Waals surface area (Å²) in [5.74, 6) is -0.0960. The molecule has 5 rings (SSSR count). The number of hydrogen-bond donors (Lipinski definition) is 1. The number of rotatable bonds is 6. The Kier molecular flexibility index (Phi) is 9.60. The number of nitrogens with one attached hydrogen (secondary N) is 1. The summed E-state index contributed by atoms with van der Waals surface area (Å²) in [6.07, 6.45) is -2.37. The number of halogens is 4. The summed E-state index contributed by atoms with van der Waals surface area (Å²) in [7, 11) is 0. The highest BCUT2D eigenvalue weighted by Gasteiger charge is 2.34. The lowest BCUT2D eigenvalue weighted by molar-refractivity contribution is -0.137. The van der Waals surface area contributed by atoms with E-state index >= 15 is 0 Å². The van der Waals surface area contributed by atoms with Crippen LogP contribution in [0.25, 0.3) is 11.4 Å². The summed E-state index contributed by atoms with van der Waals surface area (Å²) in [5.41, 5.74) is -0.135. The van der Waals surface area contributed by atoms with E-state index in [0.29, 0.717) is 69.4 Å². The number of amides is 2. The van der Waals surface area contributed by atoms with Gasteiger partial charge in [-0.1, -0.05) is 24.6 Å². The molecule has 2 aliphatic rings. The van der Waals surface area contributed by atoms with Crippen molar-refractivity contribution in [1.29, 1.82) is 0 Å². The van der Waals surface area contributed by atoms with Crippen LogP contribution in [-0.2, 0) is 33.4 Å². The van der Waals surface area contributed by atoms with E-state index < -0.39 is 39.9 Å². The van der Waals surface area contributed by atoms with Crippen LogP contribution < -0.4 is 15.8 Å². The molecule has 0 aliphatic carbocycles. The van der Waals surface area contributed by atoms with Gasteiger partial charge in [-0.2, -0.15) is 22.7 Å². The zero-order valence-electron chi connectivity index (χ0n) is 26.8. The lowest BCUT2D eigenvalue weighted by atomic mass is 10.1. The Balaban J connectivity index is 1.52. The number of nitrogens with zero attached hydrogens (tertiary/aromatic N) is 6. The van der Waals surface area contributed by atoms with Gasteiger partial charge in [0.1, 0.15) is 17.8 Å². The molecule has 3 aromatic rings. The van der Waals surface area contributed by atoms with Gasteiger partial charge >= 0.3 is 12.3 Å². The van der Waals surface area contributed by atoms with Gasteiger partial charge in [0.25, 0.3) is 5.56 Å². The Hall–Kier alpha value is -4.11. The first-order chi connectivity index (χ1) is 22.1. The molecular weight excluding hydrogens is 643 g/mol. The third-order valence-corrected chi connectivity index (χ3v) is 8.17. The van der Waals surface area contributed by atoms with E-state index in [9.17, 15) is 27.6 Å². The Bertz CT molecular complexity index is 1790. The van der Waals surface area contributed by atoms with Crippen molar-refractivity contribution in [3.8, 4) is 0 Å². The van der Waals surface area contributed by atoms with Gasteiger partial charge in [0.2, 0.25) is 11.7 Å². The van der Waals surface area contributed by atoms with Crippen molar-refractivity contribution < 1.29 is 32.2 Å². The molecule has 47 heavy (non-hydrogen) atoms. The normalized spacial score (nSPS) is 16.0. The van der Waals surface area contributed by atoms with Gasteiger partial charge in [0, 0.05) is 31.9 Å². The predicted molar refractivity (Wildman–Crippen MR) is 170 cm³/mol. The maximum Gasteiger partial charge on any atom is 0.417 e. The number of anilines is 2. The summed E-state index contributed by atoms with van der Waals surface area (Å²) >= 11 is 5.93. The Morgan fingerprint density at radius 3 is 2.43 bits per heavy atom. The van der Waals surface area contributed by atoms with Crippen molar-refractivity contribution in [2.75, 3.05) is 49.6 Å². The highest BCUT2D eigenvalue weighted by molar-refractivity contribution is 6.31. The molecule has 1 fully saturated rings. The van der Waals surface area contributed by atoms with Gasteiger partial charge in [-0.05, 0) is 63.8 Å². The average Bonchev–Trinajstić information content (AvgIpc) is 3.45. The quantitative estimate of drug-likeness (QED) is 0.389. The number of benzene rings is 1. The molecule has 2 aliphatic heterocycles. The van der Waals surface area contributed by atoms with E-state index in [1.807, 2.05) is 17.9 Å². The van der Waals surface area contributed by atoms with Crippen LogP contribution >= 0.6 is 11.6 Å². The molecule has 0 atom stereocenters. The molecule has 2 aromatic heterocycles. The molecular formula is C31H37ClF3N7O5. The highest BCUT2D eigenvalue weighted by Crippen LogP contribution is 2.37. The van der Waals surface area contributed by atoms with Crippen molar-refractivity contribution in [2.45, 2.75) is 65.8 Å². The van der Waals surface area contributed by atoms with E-state index in [0.717, 1.165) is 17.7 Å². The molecule has 0 spiro atoms. The van der Waals surface area contributed by atoms with Crippen LogP contribution in [-0.4, -0.2) is 81.1 Å². The second-order valence-corrected chi connectivity index (χ2v) is 12.8. The van der Waals surface area contributed by atoms with Gasteiger partial charge in [0.05, 0.1) is 29.5 Å². The zero-order chi connectivity index (χ0) is 34.3. The zero-order valence-corrected chi connectivity index (χ0v) is 27.6. The number of aromatic nitrogens is 4. The second kappa shape index (κ2) is 13.2. The van der Waals surface area contributed by atoms with Crippen LogP contribution in [0.3, 0.4) is 0 Å². The molecule has 2 amide bonds. The monoisotopic (exact) mass is 679 g/mol. The lowest BCUT2D eigenvalue weighted by Gasteiger charge is -2.37. The number of ether oxygens (including phenoxy) is 2. The molecule has 254 valence electrons. The summed E-state index contributed by atoms with van der Waals surface area (Å²) in [5, 5.41) is 6.67. The summed E-state index contributed by atoms with van der Waals surface area (Å²) < 4.78 is 53.8. The molecule has 4 heterocycles. The number of aryl methyl sites for hydroxylation is 1. The van der Waals surface area contributed by atoms with Crippen molar-refractivity contribution in [3.05, 3.63) is 56.2 Å². The second-order valence-electron chi connectivity index (χ2n) is 12.4. The number of fused-ring (bicyclic) bond motifs is 1. The van der Waals surface area contributed by atoms with Gasteiger partial charge in [-0.15, -0.1) is 5.10 Å². The minimum Gasteiger partial charge on any atom is -0.444 e. The van der Waals surface area contributed by atoms with E-state index in [2.05, 4.69) is 15.4 Å². The summed E-state index contributed by atoms with van der Waals surface area (Å²) in [4.78, 5) is 48.4. The van der Waals surface area contributed by atoms with Gasteiger partial charge in [-0.25, -0.2) is 4.79 Å². The van der Waals surface area contributed by atoms with Crippen molar-refractivity contribution in [1.82, 2.24) is 24.1 Å². The largest absolute Gasteiger partial charge is 0.444 e. The van der Waals surface area contributed by atoms with Crippen LogP contribution in [0.15, 0.2) is 23.0 Å². The number of carbonyl (C=O) groups is 2. The van der Waals surface area contributed by atoms with E-state index in [-0.39, 0.29) is 23.6 Å². The number of carbonyl (C=O) groups excluding carboxylic acids is 2. The first-order valence-electron chi connectivity index (χ1n) is 15.3. The van der Waals surface area contributed by atoms with Crippen LogP contribution in [0.4, 0.5) is 29.3 Å². The SMILES string of the molecule is CCc1c(N2CCN(C(=O)OC(C)(C)C)CC2)c(=O)n2nc(C3=CCOCC3)nc2n1CC(=O)Nc1cc(Cl)c(C(F)(F)F)cc1C. The average molecular weight is 680 g/mol. The maximum atomic E-state index is 14.1. The summed E-state index contributed by atoms with van der Waals surface area (Å²) in [6, 6.07) is 1.95. The number of piperazine rings is 1. The van der Waals surface area contributed by atoms with Crippen molar-refractivity contribution in [2.24, 2.45) is 0 Å². The first-order valence-corrected chi connectivity index (χ1v) is 15.6. The van der Waals surface area contributed by atoms with Crippen LogP contribution in [0.1, 0.15) is 56.8 Å². The minimum absolute atomic E-state index is 0.121. The molecule has 1 N–H and O–H groups in total. The van der Waals surface area contributed by atoms with Crippen LogP contribution in [0, 0.1) is 6.92 Å². The maximum absolute atomic E-state index is 14.1. The van der Waals surface area contributed by atoms with Crippen molar-refractivity contribution in [3.63, 3.8) is 0 Å². The van der Waals surface area contributed by atoms with Crippen LogP contribution in [0.2, 0.25) is 5.02 Å². The topological polar surface area (TPSA) is 123 Å². The predicted octanol–water partition coefficient (Wildman–Crippen LogP) is 4.93. The molecule has 1 aromatic carbocycles. The van der Waals surface area contributed by atoms with Gasteiger partial charge in [0.15, 0.2) is 5.82 Å². The standard InChI is InChI=1S/C31H37ClF3N7O5/c1-6-23-25(39-9-11-40(12-10-39)29(45)47-30(3,4)5)27(44)42-28(37-26(38-42)19-7-13-46-14-8-19)41(23)17-24(43)36-22-16-21(32)20(15-18(22)2)31(33,34)35/h7,15-16H,6,8-14,17H2,1-5H3,(H,36,43). The van der Waals surface area contributed by atoms with E-state index in [4.69, 9.17) is 21.1 Å². The Morgan fingerprint density at radius 2 is 1.83 bits per heavy atom. The van der Waals surface area contributed by atoms with Gasteiger partial charge in [-0.3, -0.25) is 9.59 Å². The first kappa shape index (κ1) is 34.2. The highest BCUT2D eigenvalue weighted by atomic mass is 35.5. The molecule has 0 bridgehead atoms. The molecule has 0 unspecified atom stereocenters. The summed E-state index contributed by atoms with van der Waals surface area (Å²) in [6.45, 7) is 10.4. The van der Waals surface area contributed by atoms with E-state index in [1.165, 1.54) is 11.4 Å². The fourth-order valence-electron chi connectivity index (χ4n) is 5.60. The molecule has 16 heteroatoms. The third-order valence-electron chi connectivity index (χ3n) is 7.85. The number of alkyl halides is 3. The Labute approximate surface area is 274 Å². The minimum atomic E-state index is -4.65. The van der Waals surface area contributed by atoms with Crippen LogP contribution in [0.5, 0.6) is 0 Å². The van der Waals surface area contributed by atoms with E-state index in [1.54, 1.807) is 30.2 Å². The molecule has 12 nitrogen and oxygen atoms in total.